The van der Waals surface area contributed by atoms with Crippen molar-refractivity contribution in [1.82, 2.24) is 5.01 Å². The number of nitrogens with zero attached hydrogens (tertiary/aromatic N) is 2. The maximum Gasteiger partial charge on any atom is 0.0855 e. The van der Waals surface area contributed by atoms with Gasteiger partial charge in [-0.3, -0.25) is 4.59 Å². The number of hydrogen-bond donors (Lipinski definition) is 0. The van der Waals surface area contributed by atoms with Gasteiger partial charge in [-0.15, -0.1) is 0 Å². The third-order valence-electron chi connectivity index (χ3n) is 2.89. The molecule has 0 bridgehead atoms. The van der Waals surface area contributed by atoms with E-state index in [1.807, 2.05) is 6.07 Å². The Kier molecular flexibility index (Phi) is 2.33. The maximum atomic E-state index is 3.15. The Morgan fingerprint density at radius 1 is 1.29 bits per heavy atom. The minimum atomic E-state index is 0.915. The molecule has 1 aliphatic heterocycles. The minimum Gasteiger partial charge on any atom is -0.250 e. The van der Waals surface area contributed by atoms with Crippen LogP contribution in [0.4, 0.5) is 0 Å². The van der Waals surface area contributed by atoms with Gasteiger partial charge in [0.2, 0.25) is 0 Å². The van der Waals surface area contributed by atoms with Gasteiger partial charge in [-0.05, 0) is 23.6 Å². The molecule has 2 rings (SSSR count). The van der Waals surface area contributed by atoms with E-state index in [-0.39, 0.29) is 0 Å². The Hall–Kier alpha value is -0.860. The first-order valence-corrected chi connectivity index (χ1v) is 5.12. The van der Waals surface area contributed by atoms with Gasteiger partial charge >= 0.3 is 0 Å². The molecule has 1 aliphatic rings. The number of hydrogen-bond acceptors (Lipinski definition) is 1. The molecule has 1 heterocycles. The second-order valence-electron chi connectivity index (χ2n) is 4.77. The molecule has 0 unspecified atom stereocenters. The van der Waals surface area contributed by atoms with Gasteiger partial charge in [-0.2, -0.15) is 5.01 Å². The predicted molar refractivity (Wildman–Crippen MR) is 57.4 cm³/mol. The van der Waals surface area contributed by atoms with Crippen LogP contribution in [-0.4, -0.2) is 37.3 Å². The molecule has 75 valence electrons. The molecular formula is C12H18N2+. The number of quaternary nitrogens is 1. The fourth-order valence-electron chi connectivity index (χ4n) is 1.92. The third-order valence-corrected chi connectivity index (χ3v) is 2.89. The summed E-state index contributed by atoms with van der Waals surface area (Å²) >= 11 is 0. The molecular weight excluding hydrogens is 172 g/mol. The van der Waals surface area contributed by atoms with E-state index in [1.165, 1.54) is 11.1 Å². The number of fused-ring (bicyclic) bond motifs is 1. The van der Waals surface area contributed by atoms with Crippen LogP contribution in [-0.2, 0) is 13.0 Å². The van der Waals surface area contributed by atoms with Crippen molar-refractivity contribution >= 4 is 0 Å². The second-order valence-corrected chi connectivity index (χ2v) is 4.77. The molecule has 0 aliphatic carbocycles. The van der Waals surface area contributed by atoms with Crippen LogP contribution >= 0.6 is 0 Å². The fourth-order valence-corrected chi connectivity index (χ4v) is 1.92. The molecule has 0 aromatic heterocycles. The molecule has 0 spiro atoms. The lowest BCUT2D eigenvalue weighted by Crippen LogP contribution is -2.53. The zero-order valence-electron chi connectivity index (χ0n) is 9.25. The van der Waals surface area contributed by atoms with Crippen molar-refractivity contribution in [2.75, 3.05) is 27.7 Å². The zero-order chi connectivity index (χ0) is 10.2. The van der Waals surface area contributed by atoms with E-state index in [9.17, 15) is 0 Å². The summed E-state index contributed by atoms with van der Waals surface area (Å²) in [6.45, 7) is 2.21. The van der Waals surface area contributed by atoms with Gasteiger partial charge in [-0.1, -0.05) is 18.2 Å². The second kappa shape index (κ2) is 3.37. The Labute approximate surface area is 86.3 Å². The summed E-state index contributed by atoms with van der Waals surface area (Å²) in [5, 5.41) is 2.47. The summed E-state index contributed by atoms with van der Waals surface area (Å²) in [6.07, 6.45) is 1.15. The van der Waals surface area contributed by atoms with E-state index in [4.69, 9.17) is 0 Å². The summed E-state index contributed by atoms with van der Waals surface area (Å²) in [4.78, 5) is 0. The van der Waals surface area contributed by atoms with Crippen LogP contribution in [0.15, 0.2) is 18.2 Å². The molecule has 0 N–H and O–H groups in total. The Morgan fingerprint density at radius 3 is 2.79 bits per heavy atom. The molecule has 1 aromatic rings. The number of benzene rings is 1. The molecule has 0 fully saturated rings. The molecule has 0 saturated heterocycles. The van der Waals surface area contributed by atoms with Gasteiger partial charge in [0, 0.05) is 0 Å². The van der Waals surface area contributed by atoms with Crippen LogP contribution in [0.25, 0.3) is 0 Å². The van der Waals surface area contributed by atoms with Gasteiger partial charge in [0.25, 0.3) is 0 Å². The van der Waals surface area contributed by atoms with Crippen molar-refractivity contribution in [1.29, 1.82) is 0 Å². The minimum absolute atomic E-state index is 0.915. The van der Waals surface area contributed by atoms with Crippen molar-refractivity contribution in [2.24, 2.45) is 0 Å². The monoisotopic (exact) mass is 190 g/mol. The van der Waals surface area contributed by atoms with Gasteiger partial charge in [-0.25, -0.2) is 0 Å². The lowest BCUT2D eigenvalue weighted by molar-refractivity contribution is -0.989. The molecule has 2 heteroatoms. The summed E-state index contributed by atoms with van der Waals surface area (Å²) in [6, 6.07) is 9.48. The first-order valence-electron chi connectivity index (χ1n) is 5.12. The summed E-state index contributed by atoms with van der Waals surface area (Å²) in [5.41, 5.74) is 2.93. The molecule has 14 heavy (non-hydrogen) atoms. The highest BCUT2D eigenvalue weighted by Gasteiger charge is 2.25. The van der Waals surface area contributed by atoms with E-state index in [2.05, 4.69) is 44.4 Å². The van der Waals surface area contributed by atoms with Gasteiger partial charge in [0.15, 0.2) is 0 Å². The van der Waals surface area contributed by atoms with Crippen LogP contribution < -0.4 is 0 Å². The van der Waals surface area contributed by atoms with Crippen molar-refractivity contribution < 1.29 is 4.59 Å². The van der Waals surface area contributed by atoms with Crippen LogP contribution in [0.2, 0.25) is 0 Å². The zero-order valence-corrected chi connectivity index (χ0v) is 9.25. The SMILES string of the molecule is C[N+](C)(C)N1CCc2c[c]ccc2C1. The first kappa shape index (κ1) is 9.69. The highest BCUT2D eigenvalue weighted by atomic mass is 15.7. The highest BCUT2D eigenvalue weighted by Crippen LogP contribution is 2.20. The molecule has 0 saturated carbocycles. The average Bonchev–Trinajstić information content (AvgIpc) is 2.16. The normalized spacial score (nSPS) is 17.9. The summed E-state index contributed by atoms with van der Waals surface area (Å²) < 4.78 is 0.915. The standard InChI is InChI=1S/C12H18N2/c1-14(2,3)13-9-8-11-6-4-5-7-12(11)10-13/h5-7H,8-10H2,1-3H3/q+1. The smallest absolute Gasteiger partial charge is 0.0855 e. The Morgan fingerprint density at radius 2 is 2.07 bits per heavy atom. The van der Waals surface area contributed by atoms with Crippen LogP contribution in [0.3, 0.4) is 0 Å². The van der Waals surface area contributed by atoms with Gasteiger partial charge < -0.3 is 0 Å². The largest absolute Gasteiger partial charge is 0.250 e. The van der Waals surface area contributed by atoms with Gasteiger partial charge in [0.1, 0.15) is 0 Å². The maximum absolute atomic E-state index is 3.15. The van der Waals surface area contributed by atoms with Crippen molar-refractivity contribution in [2.45, 2.75) is 13.0 Å². The molecule has 1 aromatic carbocycles. The van der Waals surface area contributed by atoms with Crippen LogP contribution in [0.1, 0.15) is 11.1 Å². The topological polar surface area (TPSA) is 3.24 Å². The Bertz CT molecular complexity index is 325. The lowest BCUT2D eigenvalue weighted by atomic mass is 10.0. The fraction of sp³-hybridized carbons (Fsp3) is 0.500. The Balaban J connectivity index is 2.22. The predicted octanol–water partition coefficient (Wildman–Crippen LogP) is 1.47. The van der Waals surface area contributed by atoms with E-state index in [0.29, 0.717) is 0 Å². The van der Waals surface area contributed by atoms with E-state index in [1.54, 1.807) is 0 Å². The average molecular weight is 190 g/mol. The van der Waals surface area contributed by atoms with E-state index in [0.717, 1.165) is 24.1 Å². The van der Waals surface area contributed by atoms with Crippen molar-refractivity contribution in [3.05, 3.63) is 35.4 Å². The van der Waals surface area contributed by atoms with E-state index < -0.39 is 0 Å². The summed E-state index contributed by atoms with van der Waals surface area (Å²) in [7, 11) is 6.67. The van der Waals surface area contributed by atoms with E-state index >= 15 is 0 Å². The van der Waals surface area contributed by atoms with Crippen LogP contribution in [0, 0.1) is 6.07 Å². The van der Waals surface area contributed by atoms with Crippen molar-refractivity contribution in [3.8, 4) is 0 Å². The quantitative estimate of drug-likeness (QED) is 0.606. The first-order chi connectivity index (χ1) is 6.57. The van der Waals surface area contributed by atoms with Crippen LogP contribution in [0.5, 0.6) is 0 Å². The lowest BCUT2D eigenvalue weighted by Gasteiger charge is -2.39. The molecule has 2 nitrogen and oxygen atoms in total. The molecule has 0 amide bonds. The van der Waals surface area contributed by atoms with Crippen molar-refractivity contribution in [3.63, 3.8) is 0 Å². The molecule has 1 radical (unpaired) electrons. The third kappa shape index (κ3) is 1.81. The molecule has 0 atom stereocenters. The highest BCUT2D eigenvalue weighted by molar-refractivity contribution is 5.28. The van der Waals surface area contributed by atoms with Gasteiger partial charge in [0.05, 0.1) is 34.2 Å². The number of rotatable bonds is 1. The summed E-state index contributed by atoms with van der Waals surface area (Å²) in [5.74, 6) is 0.